The van der Waals surface area contributed by atoms with E-state index in [1.54, 1.807) is 0 Å². The predicted molar refractivity (Wildman–Crippen MR) is 65.7 cm³/mol. The molecule has 0 aliphatic rings. The molecule has 0 heterocycles. The third-order valence-electron chi connectivity index (χ3n) is 2.86. The zero-order valence-electron chi connectivity index (χ0n) is 10.8. The zero-order valence-corrected chi connectivity index (χ0v) is 10.8. The maximum absolute atomic E-state index is 3.68. The van der Waals surface area contributed by atoms with Crippen LogP contribution in [-0.2, 0) is 0 Å². The first-order valence-corrected chi connectivity index (χ1v) is 6.36. The summed E-state index contributed by atoms with van der Waals surface area (Å²) in [6.07, 6.45) is 6.67. The summed E-state index contributed by atoms with van der Waals surface area (Å²) >= 11 is 0. The second kappa shape index (κ2) is 8.28. The molecule has 0 aliphatic carbocycles. The number of hydrogen-bond donors (Lipinski definition) is 1. The van der Waals surface area contributed by atoms with Crippen LogP contribution in [0.1, 0.15) is 66.7 Å². The molecule has 14 heavy (non-hydrogen) atoms. The van der Waals surface area contributed by atoms with Crippen LogP contribution >= 0.6 is 0 Å². The maximum atomic E-state index is 3.68. The summed E-state index contributed by atoms with van der Waals surface area (Å²) in [7, 11) is 0. The summed E-state index contributed by atoms with van der Waals surface area (Å²) in [5.41, 5.74) is 0. The number of nitrogens with one attached hydrogen (secondary N) is 1. The van der Waals surface area contributed by atoms with Gasteiger partial charge in [-0.3, -0.25) is 0 Å². The molecule has 86 valence electrons. The van der Waals surface area contributed by atoms with Crippen LogP contribution in [0.15, 0.2) is 0 Å². The van der Waals surface area contributed by atoms with Crippen molar-refractivity contribution in [2.75, 3.05) is 0 Å². The van der Waals surface area contributed by atoms with Gasteiger partial charge in [-0.2, -0.15) is 0 Å². The Labute approximate surface area is 90.7 Å². The topological polar surface area (TPSA) is 12.0 Å². The number of hydrogen-bond acceptors (Lipinski definition) is 1. The van der Waals surface area contributed by atoms with Crippen LogP contribution < -0.4 is 5.32 Å². The Morgan fingerprint density at radius 3 is 2.14 bits per heavy atom. The summed E-state index contributed by atoms with van der Waals surface area (Å²) in [6, 6.07) is 1.37. The van der Waals surface area contributed by atoms with Gasteiger partial charge in [-0.25, -0.2) is 0 Å². The van der Waals surface area contributed by atoms with Gasteiger partial charge in [0, 0.05) is 12.1 Å². The van der Waals surface area contributed by atoms with Crippen LogP contribution in [-0.4, -0.2) is 12.1 Å². The van der Waals surface area contributed by atoms with Crippen LogP contribution in [0.5, 0.6) is 0 Å². The van der Waals surface area contributed by atoms with Gasteiger partial charge in [-0.15, -0.1) is 0 Å². The Morgan fingerprint density at radius 1 is 1.07 bits per heavy atom. The van der Waals surface area contributed by atoms with Gasteiger partial charge in [-0.1, -0.05) is 53.9 Å². The predicted octanol–water partition coefficient (Wildman–Crippen LogP) is 3.98. The first-order valence-electron chi connectivity index (χ1n) is 6.36. The lowest BCUT2D eigenvalue weighted by Gasteiger charge is -2.23. The summed E-state index contributed by atoms with van der Waals surface area (Å²) in [6.45, 7) is 11.4. The molecule has 0 saturated heterocycles. The smallest absolute Gasteiger partial charge is 0.00719 e. The highest BCUT2D eigenvalue weighted by molar-refractivity contribution is 4.71. The molecule has 2 unspecified atom stereocenters. The molecule has 1 heteroatoms. The fourth-order valence-electron chi connectivity index (χ4n) is 1.84. The van der Waals surface area contributed by atoms with Crippen molar-refractivity contribution in [2.24, 2.45) is 5.92 Å². The molecule has 1 N–H and O–H groups in total. The molecule has 0 amide bonds. The minimum absolute atomic E-state index is 0.626. The highest BCUT2D eigenvalue weighted by Crippen LogP contribution is 2.14. The SMILES string of the molecule is CCCCC(CC(C)CC)NC(C)C. The van der Waals surface area contributed by atoms with E-state index in [0.717, 1.165) is 12.0 Å². The van der Waals surface area contributed by atoms with Crippen LogP contribution in [0, 0.1) is 5.92 Å². The van der Waals surface area contributed by atoms with Crippen molar-refractivity contribution in [1.82, 2.24) is 5.32 Å². The van der Waals surface area contributed by atoms with E-state index in [4.69, 9.17) is 0 Å². The second-order valence-corrected chi connectivity index (χ2v) is 4.91. The molecule has 0 aromatic carbocycles. The Morgan fingerprint density at radius 2 is 1.71 bits per heavy atom. The van der Waals surface area contributed by atoms with Crippen LogP contribution in [0.4, 0.5) is 0 Å². The fraction of sp³-hybridized carbons (Fsp3) is 1.00. The number of rotatable bonds is 8. The van der Waals surface area contributed by atoms with E-state index >= 15 is 0 Å². The van der Waals surface area contributed by atoms with Crippen molar-refractivity contribution in [3.63, 3.8) is 0 Å². The van der Waals surface area contributed by atoms with Gasteiger partial charge in [-0.05, 0) is 18.8 Å². The van der Waals surface area contributed by atoms with E-state index in [9.17, 15) is 0 Å². The highest BCUT2D eigenvalue weighted by Gasteiger charge is 2.12. The molecule has 0 radical (unpaired) electrons. The Kier molecular flexibility index (Phi) is 8.26. The van der Waals surface area contributed by atoms with Gasteiger partial charge in [0.15, 0.2) is 0 Å². The van der Waals surface area contributed by atoms with E-state index in [1.807, 2.05) is 0 Å². The summed E-state index contributed by atoms with van der Waals surface area (Å²) in [5, 5.41) is 3.68. The second-order valence-electron chi connectivity index (χ2n) is 4.91. The van der Waals surface area contributed by atoms with Crippen molar-refractivity contribution in [1.29, 1.82) is 0 Å². The molecule has 0 fully saturated rings. The van der Waals surface area contributed by atoms with E-state index in [1.165, 1.54) is 32.1 Å². The zero-order chi connectivity index (χ0) is 11.0. The first-order chi connectivity index (χ1) is 6.60. The molecule has 0 saturated carbocycles. The lowest BCUT2D eigenvalue weighted by atomic mass is 9.95. The quantitative estimate of drug-likeness (QED) is 0.623. The normalized spacial score (nSPS) is 15.9. The minimum Gasteiger partial charge on any atom is -0.312 e. The first kappa shape index (κ1) is 14.0. The molecule has 0 aliphatic heterocycles. The average molecular weight is 199 g/mol. The molecule has 0 aromatic heterocycles. The Balaban J connectivity index is 3.83. The van der Waals surface area contributed by atoms with Crippen LogP contribution in [0.2, 0.25) is 0 Å². The van der Waals surface area contributed by atoms with Gasteiger partial charge in [0.2, 0.25) is 0 Å². The Hall–Kier alpha value is -0.0400. The molecule has 0 spiro atoms. The van der Waals surface area contributed by atoms with Gasteiger partial charge in [0.25, 0.3) is 0 Å². The molecular formula is C13H29N. The monoisotopic (exact) mass is 199 g/mol. The molecular weight excluding hydrogens is 170 g/mol. The van der Waals surface area contributed by atoms with Crippen molar-refractivity contribution >= 4 is 0 Å². The van der Waals surface area contributed by atoms with Crippen LogP contribution in [0.25, 0.3) is 0 Å². The Bertz CT molecular complexity index is 120. The van der Waals surface area contributed by atoms with Gasteiger partial charge in [0.1, 0.15) is 0 Å². The lowest BCUT2D eigenvalue weighted by Crippen LogP contribution is -2.35. The van der Waals surface area contributed by atoms with Crippen molar-refractivity contribution in [3.05, 3.63) is 0 Å². The average Bonchev–Trinajstić information content (AvgIpc) is 2.13. The minimum atomic E-state index is 0.626. The molecule has 2 atom stereocenters. The molecule has 0 rings (SSSR count). The van der Waals surface area contributed by atoms with Gasteiger partial charge < -0.3 is 5.32 Å². The van der Waals surface area contributed by atoms with Gasteiger partial charge >= 0.3 is 0 Å². The van der Waals surface area contributed by atoms with E-state index in [2.05, 4.69) is 39.9 Å². The molecule has 0 bridgehead atoms. The van der Waals surface area contributed by atoms with Crippen molar-refractivity contribution in [2.45, 2.75) is 78.8 Å². The maximum Gasteiger partial charge on any atom is 0.00719 e. The fourth-order valence-corrected chi connectivity index (χ4v) is 1.84. The van der Waals surface area contributed by atoms with E-state index < -0.39 is 0 Å². The summed E-state index contributed by atoms with van der Waals surface area (Å²) in [4.78, 5) is 0. The third-order valence-corrected chi connectivity index (χ3v) is 2.86. The number of unbranched alkanes of at least 4 members (excludes halogenated alkanes) is 1. The van der Waals surface area contributed by atoms with Crippen molar-refractivity contribution < 1.29 is 0 Å². The summed E-state index contributed by atoms with van der Waals surface area (Å²) < 4.78 is 0. The van der Waals surface area contributed by atoms with Gasteiger partial charge in [0.05, 0.1) is 0 Å². The van der Waals surface area contributed by atoms with E-state index in [0.29, 0.717) is 6.04 Å². The van der Waals surface area contributed by atoms with Crippen molar-refractivity contribution in [3.8, 4) is 0 Å². The molecule has 1 nitrogen and oxygen atoms in total. The molecule has 0 aromatic rings. The standard InChI is InChI=1S/C13H29N/c1-6-8-9-13(14-11(3)4)10-12(5)7-2/h11-14H,6-10H2,1-5H3. The lowest BCUT2D eigenvalue weighted by molar-refractivity contribution is 0.349. The highest BCUT2D eigenvalue weighted by atomic mass is 14.9. The van der Waals surface area contributed by atoms with Crippen LogP contribution in [0.3, 0.4) is 0 Å². The third kappa shape index (κ3) is 7.37. The van der Waals surface area contributed by atoms with E-state index in [-0.39, 0.29) is 0 Å². The summed E-state index contributed by atoms with van der Waals surface area (Å²) in [5.74, 6) is 0.864. The largest absolute Gasteiger partial charge is 0.312 e.